The topological polar surface area (TPSA) is 126 Å². The van der Waals surface area contributed by atoms with Crippen LogP contribution < -0.4 is 25.0 Å². The molecule has 40 heavy (non-hydrogen) atoms. The molecule has 3 aromatic carbocycles. The van der Waals surface area contributed by atoms with E-state index in [0.717, 1.165) is 20.3 Å². The summed E-state index contributed by atoms with van der Waals surface area (Å²) in [7, 11) is 4.64. The maximum absolute atomic E-state index is 13.5. The van der Waals surface area contributed by atoms with Crippen molar-refractivity contribution in [3.8, 4) is 28.4 Å². The molecule has 3 aromatic rings. The molecule has 210 valence electrons. The van der Waals surface area contributed by atoms with Crippen molar-refractivity contribution in [1.82, 2.24) is 5.32 Å². The van der Waals surface area contributed by atoms with Crippen LogP contribution in [0.3, 0.4) is 0 Å². The maximum Gasteiger partial charge on any atom is 0.294 e. The summed E-state index contributed by atoms with van der Waals surface area (Å²) in [6, 6.07) is 11.5. The van der Waals surface area contributed by atoms with Gasteiger partial charge in [0, 0.05) is 14.7 Å². The molecule has 1 N–H and O–H groups in total. The molecule has 0 saturated carbocycles. The van der Waals surface area contributed by atoms with Crippen LogP contribution in [0, 0.1) is 13.7 Å². The van der Waals surface area contributed by atoms with Gasteiger partial charge < -0.3 is 24.4 Å². The molecule has 0 saturated heterocycles. The first kappa shape index (κ1) is 29.5. The second-order valence-electron chi connectivity index (χ2n) is 8.83. The number of rotatable bonds is 9. The van der Waals surface area contributed by atoms with Gasteiger partial charge in [0.1, 0.15) is 6.61 Å². The van der Waals surface area contributed by atoms with Gasteiger partial charge in [-0.3, -0.25) is 9.59 Å². The SMILES string of the molecule is COc1cc2c(c(OC)c1OC)-c1ccc(SC)c(=O)cc1[C@@H](NC(=O)c1ccc(I)c(CO[N+](=O)[O-])c1)CC2. The third kappa shape index (κ3) is 5.97. The quantitative estimate of drug-likeness (QED) is 0.141. The van der Waals surface area contributed by atoms with Crippen LogP contribution in [-0.2, 0) is 17.9 Å². The van der Waals surface area contributed by atoms with E-state index in [2.05, 4.69) is 10.2 Å². The third-order valence-corrected chi connectivity index (χ3v) is 8.49. The van der Waals surface area contributed by atoms with Gasteiger partial charge in [0.15, 0.2) is 16.9 Å². The predicted molar refractivity (Wildman–Crippen MR) is 159 cm³/mol. The van der Waals surface area contributed by atoms with E-state index in [0.29, 0.717) is 51.7 Å². The van der Waals surface area contributed by atoms with Gasteiger partial charge in [-0.15, -0.1) is 21.9 Å². The first-order valence-electron chi connectivity index (χ1n) is 12.1. The molecular formula is C28H27IN2O8S. The molecule has 1 aliphatic rings. The van der Waals surface area contributed by atoms with Crippen LogP contribution in [0.4, 0.5) is 0 Å². The van der Waals surface area contributed by atoms with Crippen molar-refractivity contribution in [2.24, 2.45) is 0 Å². The van der Waals surface area contributed by atoms with Crippen molar-refractivity contribution in [2.45, 2.75) is 30.4 Å². The molecule has 0 unspecified atom stereocenters. The summed E-state index contributed by atoms with van der Waals surface area (Å²) in [5.41, 5.74) is 3.73. The van der Waals surface area contributed by atoms with Crippen LogP contribution in [0.1, 0.15) is 39.5 Å². The summed E-state index contributed by atoms with van der Waals surface area (Å²) in [6.45, 7) is -0.274. The summed E-state index contributed by atoms with van der Waals surface area (Å²) in [5, 5.41) is 12.9. The van der Waals surface area contributed by atoms with E-state index in [1.807, 2.05) is 41.0 Å². The van der Waals surface area contributed by atoms with Crippen LogP contribution in [-0.4, -0.2) is 38.6 Å². The Balaban J connectivity index is 1.84. The molecule has 0 heterocycles. The van der Waals surface area contributed by atoms with Gasteiger partial charge in [0.05, 0.1) is 32.3 Å². The Hall–Kier alpha value is -3.52. The normalized spacial score (nSPS) is 13.8. The number of halogens is 1. The summed E-state index contributed by atoms with van der Waals surface area (Å²) in [4.78, 5) is 42.4. The molecule has 0 bridgehead atoms. The lowest BCUT2D eigenvalue weighted by molar-refractivity contribution is -0.763. The van der Waals surface area contributed by atoms with Crippen molar-refractivity contribution >= 4 is 40.3 Å². The Bertz CT molecular complexity index is 1530. The van der Waals surface area contributed by atoms with Crippen LogP contribution in [0.2, 0.25) is 0 Å². The Labute approximate surface area is 248 Å². The summed E-state index contributed by atoms with van der Waals surface area (Å²) >= 11 is 3.38. The standard InChI is InChI=1S/C28H27IN2O8S/c1-36-23-12-15-6-9-21(30-28(33)16-5-8-20(29)17(11-16)14-39-31(34)35)19-13-22(32)24(40-4)10-7-18(19)25(15)27(38-3)26(23)37-2/h5,7-8,10-13,21H,6,9,14H2,1-4H3,(H,30,33)/t21-/m0/s1. The number of thioether (sulfide) groups is 1. The number of nitrogens with zero attached hydrogens (tertiary/aromatic N) is 1. The Morgan fingerprint density at radius 3 is 2.50 bits per heavy atom. The molecule has 0 fully saturated rings. The average molecular weight is 679 g/mol. The summed E-state index contributed by atoms with van der Waals surface area (Å²) < 4.78 is 17.8. The number of hydrogen-bond acceptors (Lipinski definition) is 9. The van der Waals surface area contributed by atoms with Crippen LogP contribution in [0.15, 0.2) is 52.2 Å². The van der Waals surface area contributed by atoms with Crippen molar-refractivity contribution in [2.75, 3.05) is 27.6 Å². The van der Waals surface area contributed by atoms with Crippen LogP contribution >= 0.6 is 34.4 Å². The zero-order valence-corrected chi connectivity index (χ0v) is 25.2. The molecule has 0 aliphatic heterocycles. The number of nitrogens with one attached hydrogen (secondary N) is 1. The highest BCUT2D eigenvalue weighted by Crippen LogP contribution is 2.50. The smallest absolute Gasteiger partial charge is 0.294 e. The molecule has 1 atom stereocenters. The number of amides is 1. The van der Waals surface area contributed by atoms with Gasteiger partial charge in [0.25, 0.3) is 11.0 Å². The summed E-state index contributed by atoms with van der Waals surface area (Å²) in [5.74, 6) is 1.04. The minimum atomic E-state index is -0.870. The Morgan fingerprint density at radius 2 is 1.85 bits per heavy atom. The molecule has 1 amide bonds. The van der Waals surface area contributed by atoms with E-state index in [4.69, 9.17) is 14.2 Å². The Morgan fingerprint density at radius 1 is 1.10 bits per heavy atom. The second-order valence-corrected chi connectivity index (χ2v) is 10.8. The first-order valence-corrected chi connectivity index (χ1v) is 14.4. The molecule has 10 nitrogen and oxygen atoms in total. The zero-order valence-electron chi connectivity index (χ0n) is 22.2. The first-order chi connectivity index (χ1) is 19.2. The summed E-state index contributed by atoms with van der Waals surface area (Å²) in [6.07, 6.45) is 2.87. The number of hydrogen-bond donors (Lipinski definition) is 1. The monoisotopic (exact) mass is 678 g/mol. The molecule has 12 heteroatoms. The van der Waals surface area contributed by atoms with Gasteiger partial charge in [-0.1, -0.05) is 6.07 Å². The van der Waals surface area contributed by atoms with Crippen LogP contribution in [0.5, 0.6) is 17.2 Å². The number of ether oxygens (including phenoxy) is 3. The number of aryl methyl sites for hydroxylation is 1. The molecule has 4 rings (SSSR count). The minimum Gasteiger partial charge on any atom is -0.493 e. The van der Waals surface area contributed by atoms with Gasteiger partial charge >= 0.3 is 0 Å². The minimum absolute atomic E-state index is 0.163. The Kier molecular flexibility index (Phi) is 9.40. The number of benzene rings is 2. The van der Waals surface area contributed by atoms with E-state index in [9.17, 15) is 19.7 Å². The largest absolute Gasteiger partial charge is 0.493 e. The van der Waals surface area contributed by atoms with E-state index in [-0.39, 0.29) is 17.9 Å². The molecular weight excluding hydrogens is 651 g/mol. The van der Waals surface area contributed by atoms with Gasteiger partial charge in [0.2, 0.25) is 5.75 Å². The number of carbonyl (C=O) groups is 1. The van der Waals surface area contributed by atoms with E-state index < -0.39 is 11.1 Å². The van der Waals surface area contributed by atoms with E-state index in [1.165, 1.54) is 18.9 Å². The lowest BCUT2D eigenvalue weighted by atomic mass is 9.95. The van der Waals surface area contributed by atoms with Crippen molar-refractivity contribution < 1.29 is 28.9 Å². The lowest BCUT2D eigenvalue weighted by Crippen LogP contribution is -2.29. The number of methoxy groups -OCH3 is 3. The van der Waals surface area contributed by atoms with Crippen molar-refractivity contribution in [3.63, 3.8) is 0 Å². The molecule has 1 aliphatic carbocycles. The number of fused-ring (bicyclic) bond motifs is 3. The fourth-order valence-electron chi connectivity index (χ4n) is 4.81. The number of carbonyl (C=O) groups excluding carboxylic acids is 1. The second kappa shape index (κ2) is 12.8. The fraction of sp³-hybridized carbons (Fsp3) is 0.286. The molecule has 0 radical (unpaired) electrons. The van der Waals surface area contributed by atoms with Gasteiger partial charge in [-0.2, -0.15) is 0 Å². The molecule has 0 aromatic heterocycles. The predicted octanol–water partition coefficient (Wildman–Crippen LogP) is 5.19. The van der Waals surface area contributed by atoms with Crippen molar-refractivity contribution in [1.29, 1.82) is 0 Å². The highest BCUT2D eigenvalue weighted by atomic mass is 127. The van der Waals surface area contributed by atoms with E-state index in [1.54, 1.807) is 44.6 Å². The van der Waals surface area contributed by atoms with Gasteiger partial charge in [-0.05, 0) is 100 Å². The van der Waals surface area contributed by atoms with Crippen molar-refractivity contribution in [3.05, 3.63) is 88.6 Å². The van der Waals surface area contributed by atoms with Gasteiger partial charge in [-0.25, -0.2) is 0 Å². The highest BCUT2D eigenvalue weighted by Gasteiger charge is 2.30. The fourth-order valence-corrected chi connectivity index (χ4v) is 5.76. The molecule has 0 spiro atoms. The average Bonchev–Trinajstić information content (AvgIpc) is 3.19. The highest BCUT2D eigenvalue weighted by molar-refractivity contribution is 14.1. The zero-order chi connectivity index (χ0) is 29.0. The third-order valence-electron chi connectivity index (χ3n) is 6.66. The van der Waals surface area contributed by atoms with Crippen LogP contribution in [0.25, 0.3) is 11.1 Å². The van der Waals surface area contributed by atoms with E-state index >= 15 is 0 Å². The lowest BCUT2D eigenvalue weighted by Gasteiger charge is -2.20. The maximum atomic E-state index is 13.5.